The third-order valence-corrected chi connectivity index (χ3v) is 5.85. The largest absolute Gasteiger partial charge is 0.365 e. The standard InChI is InChI=1S/C11H24N4O3S/c1-18-11-7-6-10(13-14-11)15-19(16,17)9-4-2-8(12)3-5-9/h8-11,13-15H,2-7,12H2,1H3. The van der Waals surface area contributed by atoms with Crippen molar-refractivity contribution < 1.29 is 13.2 Å². The molecular formula is C11H24N4O3S. The summed E-state index contributed by atoms with van der Waals surface area (Å²) in [7, 11) is -1.66. The molecule has 7 nitrogen and oxygen atoms in total. The second-order valence-corrected chi connectivity index (χ2v) is 7.33. The molecular weight excluding hydrogens is 268 g/mol. The van der Waals surface area contributed by atoms with Crippen LogP contribution in [0.1, 0.15) is 38.5 Å². The average Bonchev–Trinajstić information content (AvgIpc) is 2.40. The Bertz CT molecular complexity index is 373. The fourth-order valence-corrected chi connectivity index (χ4v) is 4.27. The van der Waals surface area contributed by atoms with Gasteiger partial charge in [-0.25, -0.2) is 19.3 Å². The molecule has 19 heavy (non-hydrogen) atoms. The summed E-state index contributed by atoms with van der Waals surface area (Å²) in [6.45, 7) is 0. The van der Waals surface area contributed by atoms with Gasteiger partial charge in [-0.2, -0.15) is 4.72 Å². The maximum Gasteiger partial charge on any atom is 0.215 e. The Morgan fingerprint density at radius 2 is 1.79 bits per heavy atom. The molecule has 2 unspecified atom stereocenters. The van der Waals surface area contributed by atoms with Crippen LogP contribution in [0.2, 0.25) is 0 Å². The molecule has 0 aromatic heterocycles. The van der Waals surface area contributed by atoms with E-state index in [0.717, 1.165) is 19.3 Å². The monoisotopic (exact) mass is 292 g/mol. The smallest absolute Gasteiger partial charge is 0.215 e. The number of sulfonamides is 1. The number of ether oxygens (including phenoxy) is 1. The Morgan fingerprint density at radius 1 is 1.11 bits per heavy atom. The van der Waals surface area contributed by atoms with Gasteiger partial charge in [0.25, 0.3) is 0 Å². The summed E-state index contributed by atoms with van der Waals surface area (Å²) < 4.78 is 32.4. The maximum absolute atomic E-state index is 12.3. The highest BCUT2D eigenvalue weighted by molar-refractivity contribution is 7.90. The minimum absolute atomic E-state index is 0.0616. The van der Waals surface area contributed by atoms with Crippen LogP contribution in [0.3, 0.4) is 0 Å². The highest BCUT2D eigenvalue weighted by atomic mass is 32.2. The van der Waals surface area contributed by atoms with E-state index < -0.39 is 10.0 Å². The molecule has 112 valence electrons. The lowest BCUT2D eigenvalue weighted by atomic mass is 9.96. The van der Waals surface area contributed by atoms with E-state index in [9.17, 15) is 8.42 Å². The highest BCUT2D eigenvalue weighted by Gasteiger charge is 2.32. The molecule has 1 saturated carbocycles. The first-order valence-corrected chi connectivity index (χ1v) is 8.36. The van der Waals surface area contributed by atoms with Crippen LogP contribution in [-0.4, -0.2) is 39.2 Å². The van der Waals surface area contributed by atoms with Crippen LogP contribution in [0.4, 0.5) is 0 Å². The summed E-state index contributed by atoms with van der Waals surface area (Å²) >= 11 is 0. The van der Waals surface area contributed by atoms with E-state index in [0.29, 0.717) is 19.3 Å². The second kappa shape index (κ2) is 6.47. The van der Waals surface area contributed by atoms with E-state index in [-0.39, 0.29) is 23.7 Å². The molecule has 2 aliphatic rings. The molecule has 2 rings (SSSR count). The first kappa shape index (κ1) is 15.1. The minimum Gasteiger partial charge on any atom is -0.365 e. The number of nitrogens with one attached hydrogen (secondary N) is 3. The molecule has 0 bridgehead atoms. The lowest BCUT2D eigenvalue weighted by Gasteiger charge is -2.32. The van der Waals surface area contributed by atoms with Crippen LogP contribution in [0.25, 0.3) is 0 Å². The van der Waals surface area contributed by atoms with Crippen molar-refractivity contribution in [3.8, 4) is 0 Å². The number of nitrogens with two attached hydrogens (primary N) is 1. The van der Waals surface area contributed by atoms with Gasteiger partial charge >= 0.3 is 0 Å². The fourth-order valence-electron chi connectivity index (χ4n) is 2.61. The maximum atomic E-state index is 12.3. The molecule has 5 N–H and O–H groups in total. The molecule has 1 aliphatic carbocycles. The Labute approximate surface area is 114 Å². The summed E-state index contributed by atoms with van der Waals surface area (Å²) in [5.41, 5.74) is 11.7. The van der Waals surface area contributed by atoms with Crippen molar-refractivity contribution in [2.45, 2.75) is 62.2 Å². The Kier molecular flexibility index (Phi) is 5.15. The molecule has 2 fully saturated rings. The molecule has 0 aromatic rings. The van der Waals surface area contributed by atoms with E-state index in [1.807, 2.05) is 0 Å². The third-order valence-electron chi connectivity index (χ3n) is 3.88. The highest BCUT2D eigenvalue weighted by Crippen LogP contribution is 2.23. The van der Waals surface area contributed by atoms with Gasteiger partial charge in [0.05, 0.1) is 11.4 Å². The molecule has 0 amide bonds. The van der Waals surface area contributed by atoms with Crippen molar-refractivity contribution in [2.75, 3.05) is 7.11 Å². The molecule has 1 saturated heterocycles. The lowest BCUT2D eigenvalue weighted by Crippen LogP contribution is -2.59. The summed E-state index contributed by atoms with van der Waals surface area (Å²) in [6, 6.07) is 0.156. The molecule has 8 heteroatoms. The molecule has 1 aliphatic heterocycles. The molecule has 0 radical (unpaired) electrons. The van der Waals surface area contributed by atoms with Crippen LogP contribution < -0.4 is 21.3 Å². The van der Waals surface area contributed by atoms with E-state index >= 15 is 0 Å². The summed E-state index contributed by atoms with van der Waals surface area (Å²) in [5, 5.41) is -0.311. The number of hydrogen-bond donors (Lipinski definition) is 4. The van der Waals surface area contributed by atoms with Crippen molar-refractivity contribution in [3.05, 3.63) is 0 Å². The third kappa shape index (κ3) is 4.11. The zero-order valence-electron chi connectivity index (χ0n) is 11.3. The van der Waals surface area contributed by atoms with Gasteiger partial charge in [0.1, 0.15) is 6.23 Å². The molecule has 0 aromatic carbocycles. The van der Waals surface area contributed by atoms with E-state index in [4.69, 9.17) is 10.5 Å². The molecule has 0 spiro atoms. The van der Waals surface area contributed by atoms with Gasteiger partial charge in [-0.3, -0.25) is 0 Å². The summed E-state index contributed by atoms with van der Waals surface area (Å²) in [6.07, 6.45) is 4.01. The van der Waals surface area contributed by atoms with Crippen molar-refractivity contribution in [1.29, 1.82) is 0 Å². The Morgan fingerprint density at radius 3 is 2.32 bits per heavy atom. The van der Waals surface area contributed by atoms with Crippen molar-refractivity contribution in [1.82, 2.24) is 15.6 Å². The van der Waals surface area contributed by atoms with Crippen LogP contribution in [0, 0.1) is 0 Å². The quantitative estimate of drug-likeness (QED) is 0.549. The predicted octanol–water partition coefficient (Wildman–Crippen LogP) is -0.638. The van der Waals surface area contributed by atoms with Gasteiger partial charge < -0.3 is 10.5 Å². The van der Waals surface area contributed by atoms with Crippen LogP contribution in [-0.2, 0) is 14.8 Å². The zero-order valence-corrected chi connectivity index (χ0v) is 12.1. The zero-order chi connectivity index (χ0) is 13.9. The van der Waals surface area contributed by atoms with Gasteiger partial charge in [0.2, 0.25) is 10.0 Å². The number of methoxy groups -OCH3 is 1. The van der Waals surface area contributed by atoms with Crippen molar-refractivity contribution in [2.24, 2.45) is 5.73 Å². The van der Waals surface area contributed by atoms with Gasteiger partial charge in [0.15, 0.2) is 0 Å². The lowest BCUT2D eigenvalue weighted by molar-refractivity contribution is 0.0237. The van der Waals surface area contributed by atoms with Gasteiger partial charge in [-0.1, -0.05) is 0 Å². The van der Waals surface area contributed by atoms with Crippen LogP contribution in [0.5, 0.6) is 0 Å². The van der Waals surface area contributed by atoms with E-state index in [2.05, 4.69) is 15.6 Å². The SMILES string of the molecule is COC1CCC(NS(=O)(=O)C2CCC(N)CC2)NN1. The first-order valence-electron chi connectivity index (χ1n) is 6.82. The minimum atomic E-state index is -3.28. The van der Waals surface area contributed by atoms with E-state index in [1.54, 1.807) is 7.11 Å². The number of hydrogen-bond acceptors (Lipinski definition) is 6. The molecule has 2 atom stereocenters. The Balaban J connectivity index is 1.84. The Hall–Kier alpha value is -0.250. The van der Waals surface area contributed by atoms with Crippen LogP contribution in [0.15, 0.2) is 0 Å². The van der Waals surface area contributed by atoms with Crippen LogP contribution >= 0.6 is 0 Å². The van der Waals surface area contributed by atoms with Gasteiger partial charge in [-0.15, -0.1) is 0 Å². The average molecular weight is 292 g/mol. The topological polar surface area (TPSA) is 105 Å². The van der Waals surface area contributed by atoms with Crippen molar-refractivity contribution in [3.63, 3.8) is 0 Å². The molecule has 1 heterocycles. The van der Waals surface area contributed by atoms with E-state index in [1.165, 1.54) is 0 Å². The van der Waals surface area contributed by atoms with Crippen molar-refractivity contribution >= 4 is 10.0 Å². The normalized spacial score (nSPS) is 37.2. The van der Waals surface area contributed by atoms with Gasteiger partial charge in [0, 0.05) is 13.2 Å². The van der Waals surface area contributed by atoms with Gasteiger partial charge in [-0.05, 0) is 38.5 Å². The second-order valence-electron chi connectivity index (χ2n) is 5.34. The predicted molar refractivity (Wildman–Crippen MR) is 72.4 cm³/mol. The summed E-state index contributed by atoms with van der Waals surface area (Å²) in [4.78, 5) is 0. The number of hydrazine groups is 1. The number of rotatable bonds is 4. The first-order chi connectivity index (χ1) is 9.01. The summed E-state index contributed by atoms with van der Waals surface area (Å²) in [5.74, 6) is 0. The fraction of sp³-hybridized carbons (Fsp3) is 1.00.